The number of hydrogen-bond donors (Lipinski definition) is 2. The van der Waals surface area contributed by atoms with Crippen LogP contribution in [0.25, 0.3) is 10.9 Å². The molecule has 0 aliphatic carbocycles. The van der Waals surface area contributed by atoms with E-state index in [9.17, 15) is 13.2 Å². The number of nitrogen functional groups attached to an aromatic ring is 1. The number of H-pyrrole nitrogens is 1. The first-order valence-electron chi connectivity index (χ1n) is 9.55. The molecule has 3 heterocycles. The number of nitrogens with zero attached hydrogens (tertiary/aromatic N) is 3. The van der Waals surface area contributed by atoms with Gasteiger partial charge in [-0.15, -0.1) is 0 Å². The average molecular weight is 452 g/mol. The van der Waals surface area contributed by atoms with Crippen LogP contribution in [0.4, 0.5) is 5.82 Å². The minimum absolute atomic E-state index is 0.0282. The number of ether oxygens (including phenoxy) is 1. The normalized spacial score (nSPS) is 15.6. The van der Waals surface area contributed by atoms with Crippen LogP contribution >= 0.6 is 11.6 Å². The number of sulfone groups is 1. The molecule has 1 aliphatic rings. The van der Waals surface area contributed by atoms with Crippen molar-refractivity contribution in [2.24, 2.45) is 0 Å². The maximum absolute atomic E-state index is 13.3. The molecule has 4 rings (SSSR count). The van der Waals surface area contributed by atoms with E-state index >= 15 is 0 Å². The smallest absolute Gasteiger partial charge is 0.288 e. The van der Waals surface area contributed by atoms with Crippen molar-refractivity contribution in [3.05, 3.63) is 45.8 Å². The fourth-order valence-corrected chi connectivity index (χ4v) is 5.41. The van der Waals surface area contributed by atoms with Gasteiger partial charge in [0.2, 0.25) is 9.84 Å². The van der Waals surface area contributed by atoms with E-state index in [1.807, 2.05) is 0 Å². The van der Waals surface area contributed by atoms with Gasteiger partial charge in [0.1, 0.15) is 16.2 Å². The second-order valence-electron chi connectivity index (χ2n) is 7.09. The Morgan fingerprint density at radius 3 is 2.57 bits per heavy atom. The topological polar surface area (TPSA) is 123 Å². The highest BCUT2D eigenvalue weighted by atomic mass is 35.5. The Bertz CT molecular complexity index is 1210. The van der Waals surface area contributed by atoms with E-state index in [-0.39, 0.29) is 26.5 Å². The Balaban J connectivity index is 1.74. The fourth-order valence-electron chi connectivity index (χ4n) is 3.73. The number of aryl methyl sites for hydroxylation is 1. The van der Waals surface area contributed by atoms with Gasteiger partial charge in [-0.1, -0.05) is 11.6 Å². The Labute approximate surface area is 178 Å². The summed E-state index contributed by atoms with van der Waals surface area (Å²) in [6.45, 7) is 4.30. The summed E-state index contributed by atoms with van der Waals surface area (Å²) in [6.07, 6.45) is 2.03. The molecule has 160 valence electrons. The number of morpholine rings is 1. The number of aromatic amines is 1. The van der Waals surface area contributed by atoms with Crippen molar-refractivity contribution in [3.63, 3.8) is 0 Å². The summed E-state index contributed by atoms with van der Waals surface area (Å²) in [6, 6.07) is 5.83. The van der Waals surface area contributed by atoms with Crippen molar-refractivity contribution in [2.75, 3.05) is 38.6 Å². The molecule has 1 aliphatic heterocycles. The van der Waals surface area contributed by atoms with Crippen LogP contribution in [-0.2, 0) is 21.1 Å². The molecular weight excluding hydrogens is 430 g/mol. The molecule has 0 atom stereocenters. The van der Waals surface area contributed by atoms with E-state index in [0.717, 1.165) is 19.6 Å². The first-order chi connectivity index (χ1) is 14.4. The lowest BCUT2D eigenvalue weighted by Crippen LogP contribution is -2.37. The van der Waals surface area contributed by atoms with Crippen LogP contribution in [0.1, 0.15) is 6.42 Å². The fraction of sp³-hybridized carbons (Fsp3) is 0.368. The van der Waals surface area contributed by atoms with E-state index in [4.69, 9.17) is 22.1 Å². The Morgan fingerprint density at radius 2 is 1.87 bits per heavy atom. The summed E-state index contributed by atoms with van der Waals surface area (Å²) in [5.41, 5.74) is 6.02. The van der Waals surface area contributed by atoms with Gasteiger partial charge in [-0.25, -0.2) is 13.5 Å². The van der Waals surface area contributed by atoms with Gasteiger partial charge in [-0.05, 0) is 30.7 Å². The van der Waals surface area contributed by atoms with Gasteiger partial charge < -0.3 is 15.0 Å². The molecule has 0 saturated carbocycles. The number of benzene rings is 1. The molecule has 0 amide bonds. The maximum atomic E-state index is 13.3. The number of fused-ring (bicyclic) bond motifs is 1. The molecular formula is C19H22ClN5O4S. The molecule has 2 aromatic heterocycles. The highest BCUT2D eigenvalue weighted by Gasteiger charge is 2.29. The third-order valence-electron chi connectivity index (χ3n) is 5.22. The SMILES string of the molecule is Nc1c(S(=O)(=O)c2ccc(Cl)cc2)c2cn[nH]c(=O)c2n1CCCN1CCOCC1. The lowest BCUT2D eigenvalue weighted by Gasteiger charge is -2.26. The van der Waals surface area contributed by atoms with Crippen LogP contribution in [0.2, 0.25) is 5.02 Å². The molecule has 1 aromatic carbocycles. The number of hydrogen-bond acceptors (Lipinski definition) is 7. The molecule has 11 heteroatoms. The standard InChI is InChI=1S/C19H22ClN5O4S/c20-13-2-4-14(5-3-13)30(27,28)17-15-12-22-23-19(26)16(15)25(18(17)21)7-1-6-24-8-10-29-11-9-24/h2-5,12H,1,6-11,21H2,(H,23,26). The van der Waals surface area contributed by atoms with Crippen LogP contribution in [0.5, 0.6) is 0 Å². The summed E-state index contributed by atoms with van der Waals surface area (Å²) in [5.74, 6) is 0.0282. The van der Waals surface area contributed by atoms with E-state index in [1.165, 1.54) is 30.5 Å². The van der Waals surface area contributed by atoms with Crippen molar-refractivity contribution in [3.8, 4) is 0 Å². The predicted octanol–water partition coefficient (Wildman–Crippen LogP) is 1.52. The molecule has 3 aromatic rings. The van der Waals surface area contributed by atoms with Crippen LogP contribution in [0.3, 0.4) is 0 Å². The molecule has 0 unspecified atom stereocenters. The lowest BCUT2D eigenvalue weighted by atomic mass is 10.3. The Hall–Kier alpha value is -2.40. The summed E-state index contributed by atoms with van der Waals surface area (Å²) in [4.78, 5) is 14.7. The number of nitrogens with two attached hydrogens (primary N) is 1. The second kappa shape index (κ2) is 8.38. The van der Waals surface area contributed by atoms with E-state index in [2.05, 4.69) is 15.1 Å². The van der Waals surface area contributed by atoms with Gasteiger partial charge in [-0.3, -0.25) is 9.69 Å². The van der Waals surface area contributed by atoms with Gasteiger partial charge >= 0.3 is 0 Å². The number of aromatic nitrogens is 3. The highest BCUT2D eigenvalue weighted by molar-refractivity contribution is 7.92. The number of nitrogens with one attached hydrogen (secondary N) is 1. The van der Waals surface area contributed by atoms with Crippen molar-refractivity contribution in [1.29, 1.82) is 0 Å². The Morgan fingerprint density at radius 1 is 1.17 bits per heavy atom. The number of anilines is 1. The minimum Gasteiger partial charge on any atom is -0.384 e. The largest absolute Gasteiger partial charge is 0.384 e. The van der Waals surface area contributed by atoms with Gasteiger partial charge in [0.05, 0.1) is 24.3 Å². The van der Waals surface area contributed by atoms with Gasteiger partial charge in [0.15, 0.2) is 0 Å². The highest BCUT2D eigenvalue weighted by Crippen LogP contribution is 2.34. The van der Waals surface area contributed by atoms with Crippen molar-refractivity contribution < 1.29 is 13.2 Å². The molecule has 3 N–H and O–H groups in total. The minimum atomic E-state index is -3.98. The average Bonchev–Trinajstić information content (AvgIpc) is 3.02. The third-order valence-corrected chi connectivity index (χ3v) is 7.33. The van der Waals surface area contributed by atoms with E-state index in [0.29, 0.717) is 31.2 Å². The van der Waals surface area contributed by atoms with E-state index < -0.39 is 15.4 Å². The zero-order valence-electron chi connectivity index (χ0n) is 16.2. The molecule has 30 heavy (non-hydrogen) atoms. The monoisotopic (exact) mass is 451 g/mol. The lowest BCUT2D eigenvalue weighted by molar-refractivity contribution is 0.0370. The summed E-state index contributed by atoms with van der Waals surface area (Å²) < 4.78 is 33.6. The van der Waals surface area contributed by atoms with Gasteiger partial charge in [0.25, 0.3) is 5.56 Å². The van der Waals surface area contributed by atoms with Crippen LogP contribution in [-0.4, -0.2) is 60.9 Å². The van der Waals surface area contributed by atoms with Crippen molar-refractivity contribution >= 4 is 38.2 Å². The van der Waals surface area contributed by atoms with Crippen LogP contribution in [0, 0.1) is 0 Å². The van der Waals surface area contributed by atoms with Crippen molar-refractivity contribution in [1.82, 2.24) is 19.7 Å². The molecule has 0 spiro atoms. The summed E-state index contributed by atoms with van der Waals surface area (Å²) in [7, 11) is -3.98. The molecule has 1 saturated heterocycles. The zero-order chi connectivity index (χ0) is 21.3. The third kappa shape index (κ3) is 3.83. The predicted molar refractivity (Wildman–Crippen MR) is 114 cm³/mol. The molecule has 0 bridgehead atoms. The van der Waals surface area contributed by atoms with Crippen molar-refractivity contribution in [2.45, 2.75) is 22.8 Å². The number of rotatable bonds is 6. The van der Waals surface area contributed by atoms with E-state index in [1.54, 1.807) is 4.57 Å². The quantitative estimate of drug-likeness (QED) is 0.582. The Kier molecular flexibility index (Phi) is 5.83. The zero-order valence-corrected chi connectivity index (χ0v) is 17.7. The first kappa shape index (κ1) is 20.9. The molecule has 9 nitrogen and oxygen atoms in total. The number of halogens is 1. The van der Waals surface area contributed by atoms with Crippen LogP contribution in [0.15, 0.2) is 45.0 Å². The summed E-state index contributed by atoms with van der Waals surface area (Å²) >= 11 is 5.89. The van der Waals surface area contributed by atoms with Gasteiger partial charge in [0, 0.05) is 36.6 Å². The molecule has 1 fully saturated rings. The maximum Gasteiger partial charge on any atom is 0.288 e. The molecule has 0 radical (unpaired) electrons. The van der Waals surface area contributed by atoms with Gasteiger partial charge in [-0.2, -0.15) is 5.10 Å². The second-order valence-corrected chi connectivity index (χ2v) is 9.42. The van der Waals surface area contributed by atoms with Crippen LogP contribution < -0.4 is 11.3 Å². The first-order valence-corrected chi connectivity index (χ1v) is 11.4. The summed E-state index contributed by atoms with van der Waals surface area (Å²) in [5, 5.41) is 6.79.